The highest BCUT2D eigenvalue weighted by molar-refractivity contribution is 5.86. The van der Waals surface area contributed by atoms with E-state index in [1.54, 1.807) is 74.5 Å². The highest BCUT2D eigenvalue weighted by Crippen LogP contribution is 2.18. The number of aryl methyl sites for hydroxylation is 8. The van der Waals surface area contributed by atoms with Crippen molar-refractivity contribution < 1.29 is 0 Å². The van der Waals surface area contributed by atoms with Gasteiger partial charge >= 0.3 is 0 Å². The van der Waals surface area contributed by atoms with Gasteiger partial charge in [-0.1, -0.05) is 141 Å². The third kappa shape index (κ3) is 30.0. The predicted molar refractivity (Wildman–Crippen MR) is 445 cm³/mol. The van der Waals surface area contributed by atoms with E-state index in [0.717, 1.165) is 99.5 Å². The molecule has 104 heavy (non-hydrogen) atoms. The fraction of sp³-hybridized carbons (Fsp3) is 0.273. The maximum absolute atomic E-state index is 4.22. The third-order valence-corrected chi connectivity index (χ3v) is 13.8. The summed E-state index contributed by atoms with van der Waals surface area (Å²) in [4.78, 5) is 66.1. The summed E-state index contributed by atoms with van der Waals surface area (Å²) in [5.41, 5.74) is 14.6. The number of benzene rings is 1. The molecule has 0 bridgehead atoms. The van der Waals surface area contributed by atoms with Gasteiger partial charge in [-0.05, 0) is 174 Å². The van der Waals surface area contributed by atoms with Crippen LogP contribution in [0.3, 0.4) is 0 Å². The summed E-state index contributed by atoms with van der Waals surface area (Å²) >= 11 is 0. The molecule has 16 rings (SSSR count). The van der Waals surface area contributed by atoms with E-state index in [1.165, 1.54) is 32.7 Å². The first-order valence-corrected chi connectivity index (χ1v) is 36.3. The molecule has 15 heterocycles. The van der Waals surface area contributed by atoms with Crippen LogP contribution in [0, 0.1) is 55.4 Å². The quantitative estimate of drug-likeness (QED) is 0.138. The molecule has 1 aromatic carbocycles. The highest BCUT2D eigenvalue weighted by Gasteiger charge is 2.01. The van der Waals surface area contributed by atoms with Gasteiger partial charge in [0.15, 0.2) is 0 Å². The van der Waals surface area contributed by atoms with Crippen molar-refractivity contribution in [3.63, 3.8) is 0 Å². The van der Waals surface area contributed by atoms with Crippen molar-refractivity contribution in [2.24, 2.45) is 0 Å². The molecule has 0 unspecified atom stereocenters. The molecule has 0 atom stereocenters. The standard InChI is InChI=1S/8C9H8N2.8C2H6/c1-7-9-3-4-10-6-8(9)2-5-11-7;1-7-9-6-10-4-2-8(9)3-5-11-7;1-7-4-11-6-8-5-10-3-2-9(7)8;1-7-8-3-2-5-11-9(8)4-6-10-7;1-7-9-8(4-6-10-7)3-2-5-11-9;1-7-5-10-6-9-8(7)3-2-4-11-9;1-7-5-9-8(11-6-7)3-2-4-10-9;1-7-8-4-2-3-5-9(8)11-6-10-7;8*1-2/h8*2-6H,1H3;8*1-2H3. The number of nitrogens with zero attached hydrogens (tertiary/aromatic N) is 16. The van der Waals surface area contributed by atoms with Crippen molar-refractivity contribution in [1.82, 2.24) is 79.7 Å². The Hall–Kier alpha value is -11.5. The van der Waals surface area contributed by atoms with Crippen LogP contribution in [0.25, 0.3) is 87.0 Å². The Morgan fingerprint density at radius 2 is 0.625 bits per heavy atom. The Labute approximate surface area is 620 Å². The second-order valence-electron chi connectivity index (χ2n) is 20.0. The fourth-order valence-electron chi connectivity index (χ4n) is 9.11. The zero-order chi connectivity index (χ0) is 77.5. The smallest absolute Gasteiger partial charge is 0.116 e. The summed E-state index contributed by atoms with van der Waals surface area (Å²) in [7, 11) is 0. The van der Waals surface area contributed by atoms with Crippen molar-refractivity contribution >= 4 is 87.0 Å². The van der Waals surface area contributed by atoms with Gasteiger partial charge in [0, 0.05) is 177 Å². The summed E-state index contributed by atoms with van der Waals surface area (Å²) in [5, 5.41) is 11.6. The zero-order valence-electron chi connectivity index (χ0n) is 66.2. The Balaban J connectivity index is 0.000000578. The second-order valence-corrected chi connectivity index (χ2v) is 20.0. The van der Waals surface area contributed by atoms with Gasteiger partial charge in [-0.25, -0.2) is 9.97 Å². The maximum Gasteiger partial charge on any atom is 0.116 e. The van der Waals surface area contributed by atoms with E-state index in [-0.39, 0.29) is 0 Å². The van der Waals surface area contributed by atoms with Crippen LogP contribution in [0.5, 0.6) is 0 Å². The summed E-state index contributed by atoms with van der Waals surface area (Å²) < 4.78 is 0. The molecular formula is C88H112N16. The fourth-order valence-corrected chi connectivity index (χ4v) is 9.11. The number of hydrogen-bond donors (Lipinski definition) is 0. The summed E-state index contributed by atoms with van der Waals surface area (Å²) in [6.07, 6.45) is 36.0. The molecule has 16 nitrogen and oxygen atoms in total. The molecule has 544 valence electrons. The molecule has 0 aliphatic carbocycles. The normalized spacial score (nSPS) is 9.15. The van der Waals surface area contributed by atoms with Gasteiger partial charge in [0.1, 0.15) is 6.33 Å². The molecule has 0 saturated heterocycles. The van der Waals surface area contributed by atoms with Gasteiger partial charge < -0.3 is 0 Å². The molecule has 0 amide bonds. The van der Waals surface area contributed by atoms with Crippen molar-refractivity contribution in [3.05, 3.63) is 291 Å². The van der Waals surface area contributed by atoms with E-state index in [9.17, 15) is 0 Å². The van der Waals surface area contributed by atoms with Crippen LogP contribution in [0.4, 0.5) is 0 Å². The predicted octanol–water partition coefficient (Wildman–Crippen LogP) is 23.7. The maximum atomic E-state index is 4.22. The van der Waals surface area contributed by atoms with E-state index in [4.69, 9.17) is 0 Å². The topological polar surface area (TPSA) is 206 Å². The van der Waals surface area contributed by atoms with Gasteiger partial charge in [0.25, 0.3) is 0 Å². The number of para-hydroxylation sites is 1. The molecule has 16 heteroatoms. The van der Waals surface area contributed by atoms with Crippen LogP contribution >= 0.6 is 0 Å². The lowest BCUT2D eigenvalue weighted by Crippen LogP contribution is -1.85. The Bertz CT molecular complexity index is 4100. The molecule has 16 aromatic rings. The molecule has 0 radical (unpaired) electrons. The van der Waals surface area contributed by atoms with E-state index < -0.39 is 0 Å². The summed E-state index contributed by atoms with van der Waals surface area (Å²) in [6, 6.07) is 39.6. The lowest BCUT2D eigenvalue weighted by molar-refractivity contribution is 1.15. The minimum absolute atomic E-state index is 0.957. The minimum atomic E-state index is 0.957. The highest BCUT2D eigenvalue weighted by atomic mass is 14.8. The van der Waals surface area contributed by atoms with Crippen LogP contribution in [-0.4, -0.2) is 79.7 Å². The molecular weight excluding hydrogens is 1280 g/mol. The van der Waals surface area contributed by atoms with E-state index >= 15 is 0 Å². The number of aromatic nitrogens is 16. The lowest BCUT2D eigenvalue weighted by atomic mass is 10.1. The number of rotatable bonds is 0. The molecule has 0 spiro atoms. The number of fused-ring (bicyclic) bond motifs is 8. The third-order valence-electron chi connectivity index (χ3n) is 13.8. The average molecular weight is 1390 g/mol. The molecule has 0 aliphatic rings. The number of pyridine rings is 14. The largest absolute Gasteiger partial charge is 0.264 e. The van der Waals surface area contributed by atoms with Gasteiger partial charge in [-0.15, -0.1) is 0 Å². The first kappa shape index (κ1) is 90.5. The SMILES string of the molecule is CC.CC.CC.CC.CC.CC.CC.CC.Cc1cnc2cccnc2c1.Cc1cncc2cnccc12.Cc1cncc2ncccc12.Cc1nccc2cccnc12.Cc1nccc2ccncc12.Cc1nccc2cnccc12.Cc1nccc2ncccc12.Cc1ncnc2ccccc12. The van der Waals surface area contributed by atoms with Crippen molar-refractivity contribution in [2.75, 3.05) is 0 Å². The van der Waals surface area contributed by atoms with Crippen molar-refractivity contribution in [1.29, 1.82) is 0 Å². The first-order chi connectivity index (χ1) is 51.0. The van der Waals surface area contributed by atoms with Crippen molar-refractivity contribution in [2.45, 2.75) is 166 Å². The van der Waals surface area contributed by atoms with E-state index in [2.05, 4.69) is 92.7 Å². The van der Waals surface area contributed by atoms with Crippen LogP contribution in [0.15, 0.2) is 245 Å². The van der Waals surface area contributed by atoms with E-state index in [0.29, 0.717) is 0 Å². The van der Waals surface area contributed by atoms with Crippen LogP contribution in [-0.2, 0) is 0 Å². The van der Waals surface area contributed by atoms with Crippen LogP contribution < -0.4 is 0 Å². The van der Waals surface area contributed by atoms with Crippen molar-refractivity contribution in [3.8, 4) is 0 Å². The lowest BCUT2D eigenvalue weighted by Gasteiger charge is -1.97. The zero-order valence-corrected chi connectivity index (χ0v) is 66.2. The monoisotopic (exact) mass is 1390 g/mol. The molecule has 0 fully saturated rings. The van der Waals surface area contributed by atoms with Crippen LogP contribution in [0.2, 0.25) is 0 Å². The Morgan fingerprint density at radius 1 is 0.202 bits per heavy atom. The second kappa shape index (κ2) is 55.2. The van der Waals surface area contributed by atoms with Gasteiger partial charge in [0.05, 0.1) is 45.0 Å². The van der Waals surface area contributed by atoms with Gasteiger partial charge in [0.2, 0.25) is 0 Å². The van der Waals surface area contributed by atoms with Crippen LogP contribution in [0.1, 0.15) is 156 Å². The number of hydrogen-bond acceptors (Lipinski definition) is 16. The molecule has 0 saturated carbocycles. The van der Waals surface area contributed by atoms with Gasteiger partial charge in [-0.2, -0.15) is 0 Å². The van der Waals surface area contributed by atoms with Gasteiger partial charge in [-0.3, -0.25) is 69.8 Å². The Kier molecular flexibility index (Phi) is 48.0. The summed E-state index contributed by atoms with van der Waals surface area (Å²) in [5.74, 6) is 0. The minimum Gasteiger partial charge on any atom is -0.264 e. The van der Waals surface area contributed by atoms with E-state index in [1.807, 2.05) is 324 Å². The first-order valence-electron chi connectivity index (χ1n) is 36.3. The Morgan fingerprint density at radius 3 is 1.23 bits per heavy atom. The molecule has 0 aliphatic heterocycles. The summed E-state index contributed by atoms with van der Waals surface area (Å²) in [6.45, 7) is 48.0. The average Bonchev–Trinajstić information content (AvgIpc) is 0.733. The molecule has 0 N–H and O–H groups in total. The molecule has 15 aromatic heterocycles.